The van der Waals surface area contributed by atoms with Crippen LogP contribution in [-0.4, -0.2) is 41.9 Å². The van der Waals surface area contributed by atoms with Gasteiger partial charge in [-0.2, -0.15) is 0 Å². The number of ether oxygens (including phenoxy) is 1. The van der Waals surface area contributed by atoms with Crippen LogP contribution in [0.15, 0.2) is 0 Å². The molecule has 0 amide bonds. The molecule has 4 nitrogen and oxygen atoms in total. The lowest BCUT2D eigenvalue weighted by molar-refractivity contribution is -0.144. The van der Waals surface area contributed by atoms with E-state index in [-0.39, 0.29) is 12.0 Å². The smallest absolute Gasteiger partial charge is 0.306 e. The van der Waals surface area contributed by atoms with Crippen molar-refractivity contribution in [1.29, 1.82) is 0 Å². The first kappa shape index (κ1) is 11.9. The number of rotatable bonds is 4. The Kier molecular flexibility index (Phi) is 4.18. The second-order valence-corrected chi connectivity index (χ2v) is 4.93. The van der Waals surface area contributed by atoms with E-state index in [1.807, 2.05) is 0 Å². The van der Waals surface area contributed by atoms with E-state index >= 15 is 0 Å². The van der Waals surface area contributed by atoms with Crippen molar-refractivity contribution in [2.24, 2.45) is 5.92 Å². The highest BCUT2D eigenvalue weighted by atomic mass is 16.5. The Hall–Kier alpha value is -0.610. The van der Waals surface area contributed by atoms with E-state index in [4.69, 9.17) is 9.84 Å². The van der Waals surface area contributed by atoms with Gasteiger partial charge in [-0.25, -0.2) is 0 Å². The van der Waals surface area contributed by atoms with Crippen molar-refractivity contribution in [3.05, 3.63) is 0 Å². The highest BCUT2D eigenvalue weighted by Crippen LogP contribution is 2.26. The molecule has 4 heteroatoms. The fourth-order valence-electron chi connectivity index (χ4n) is 2.60. The molecular weight excluding hydrogens is 206 g/mol. The molecular formula is C12H21NO3. The molecule has 0 aromatic rings. The molecule has 0 atom stereocenters. The second kappa shape index (κ2) is 5.64. The van der Waals surface area contributed by atoms with Crippen LogP contribution in [0.2, 0.25) is 0 Å². The maximum Gasteiger partial charge on any atom is 0.306 e. The van der Waals surface area contributed by atoms with Gasteiger partial charge in [-0.3, -0.25) is 9.69 Å². The first-order chi connectivity index (χ1) is 7.75. The summed E-state index contributed by atoms with van der Waals surface area (Å²) in [6, 6.07) is 0. The van der Waals surface area contributed by atoms with Crippen LogP contribution in [0.1, 0.15) is 38.5 Å². The van der Waals surface area contributed by atoms with Crippen molar-refractivity contribution >= 4 is 5.97 Å². The van der Waals surface area contributed by atoms with Crippen LogP contribution in [0.3, 0.4) is 0 Å². The molecule has 0 aromatic carbocycles. The van der Waals surface area contributed by atoms with Gasteiger partial charge in [-0.1, -0.05) is 0 Å². The number of carboxylic acid groups (broad SMARTS) is 1. The van der Waals surface area contributed by atoms with Gasteiger partial charge in [0.05, 0.1) is 18.8 Å². The topological polar surface area (TPSA) is 49.8 Å². The van der Waals surface area contributed by atoms with Gasteiger partial charge < -0.3 is 9.84 Å². The van der Waals surface area contributed by atoms with Crippen LogP contribution in [0, 0.1) is 5.92 Å². The van der Waals surface area contributed by atoms with E-state index in [1.54, 1.807) is 0 Å². The van der Waals surface area contributed by atoms with Crippen molar-refractivity contribution in [2.45, 2.75) is 44.6 Å². The summed E-state index contributed by atoms with van der Waals surface area (Å²) in [6.07, 6.45) is 6.23. The lowest BCUT2D eigenvalue weighted by atomic mass is 9.87. The lowest BCUT2D eigenvalue weighted by Gasteiger charge is -2.27. The molecule has 2 aliphatic rings. The fraction of sp³-hybridized carbons (Fsp3) is 0.917. The Morgan fingerprint density at radius 1 is 1.19 bits per heavy atom. The Labute approximate surface area is 96.6 Å². The number of aliphatic carboxylic acids is 1. The number of hydrogen-bond acceptors (Lipinski definition) is 3. The predicted octanol–water partition coefficient (Wildman–Crippen LogP) is 1.70. The fourth-order valence-corrected chi connectivity index (χ4v) is 2.60. The minimum atomic E-state index is -0.641. The molecule has 16 heavy (non-hydrogen) atoms. The molecule has 92 valence electrons. The van der Waals surface area contributed by atoms with Crippen LogP contribution in [0.4, 0.5) is 0 Å². The standard InChI is InChI=1S/C12H21NO3/c14-12(15)10-3-5-11(6-4-10)16-9-13-7-1-2-8-13/h10-11H,1-9H2,(H,14,15). The van der Waals surface area contributed by atoms with E-state index in [0.717, 1.165) is 45.5 Å². The molecule has 2 rings (SSSR count). The van der Waals surface area contributed by atoms with Crippen LogP contribution in [-0.2, 0) is 9.53 Å². The van der Waals surface area contributed by atoms with Crippen molar-refractivity contribution in [3.63, 3.8) is 0 Å². The zero-order valence-electron chi connectivity index (χ0n) is 9.73. The van der Waals surface area contributed by atoms with E-state index in [0.29, 0.717) is 0 Å². The third-order valence-corrected chi connectivity index (χ3v) is 3.71. The van der Waals surface area contributed by atoms with Gasteiger partial charge in [0.2, 0.25) is 0 Å². The quantitative estimate of drug-likeness (QED) is 0.794. The average Bonchev–Trinajstić information content (AvgIpc) is 2.80. The number of carboxylic acids is 1. The molecule has 0 aromatic heterocycles. The molecule has 0 radical (unpaired) electrons. The first-order valence-electron chi connectivity index (χ1n) is 6.32. The maximum absolute atomic E-state index is 10.8. The summed E-state index contributed by atoms with van der Waals surface area (Å²) in [5.74, 6) is -0.773. The zero-order chi connectivity index (χ0) is 11.4. The monoisotopic (exact) mass is 227 g/mol. The van der Waals surface area contributed by atoms with Crippen molar-refractivity contribution in [1.82, 2.24) is 4.90 Å². The molecule has 0 spiro atoms. The molecule has 0 unspecified atom stereocenters. The Morgan fingerprint density at radius 3 is 2.38 bits per heavy atom. The molecule has 0 bridgehead atoms. The Balaban J connectivity index is 1.63. The summed E-state index contributed by atoms with van der Waals surface area (Å²) in [4.78, 5) is 13.1. The predicted molar refractivity (Wildman–Crippen MR) is 60.1 cm³/mol. The van der Waals surface area contributed by atoms with Gasteiger partial charge in [0.1, 0.15) is 0 Å². The average molecular weight is 227 g/mol. The zero-order valence-corrected chi connectivity index (χ0v) is 9.73. The Morgan fingerprint density at radius 2 is 1.81 bits per heavy atom. The highest BCUT2D eigenvalue weighted by Gasteiger charge is 2.26. The number of carbonyl (C=O) groups is 1. The minimum Gasteiger partial charge on any atom is -0.481 e. The third kappa shape index (κ3) is 3.19. The maximum atomic E-state index is 10.8. The van der Waals surface area contributed by atoms with Crippen molar-refractivity contribution in [2.75, 3.05) is 19.8 Å². The van der Waals surface area contributed by atoms with Crippen LogP contribution < -0.4 is 0 Å². The highest BCUT2D eigenvalue weighted by molar-refractivity contribution is 5.69. The summed E-state index contributed by atoms with van der Waals surface area (Å²) in [6.45, 7) is 3.05. The van der Waals surface area contributed by atoms with Gasteiger partial charge in [0, 0.05) is 13.1 Å². The molecule has 1 saturated carbocycles. The lowest BCUT2D eigenvalue weighted by Crippen LogP contribution is -2.30. The van der Waals surface area contributed by atoms with E-state index in [2.05, 4.69) is 4.90 Å². The number of hydrogen-bond donors (Lipinski definition) is 1. The molecule has 1 heterocycles. The molecule has 1 saturated heterocycles. The van der Waals surface area contributed by atoms with E-state index < -0.39 is 5.97 Å². The van der Waals surface area contributed by atoms with Crippen molar-refractivity contribution in [3.8, 4) is 0 Å². The van der Waals surface area contributed by atoms with Crippen LogP contribution >= 0.6 is 0 Å². The van der Waals surface area contributed by atoms with Gasteiger partial charge in [-0.05, 0) is 38.5 Å². The second-order valence-electron chi connectivity index (χ2n) is 4.93. The molecule has 1 N–H and O–H groups in total. The first-order valence-corrected chi connectivity index (χ1v) is 6.32. The summed E-state index contributed by atoms with van der Waals surface area (Å²) in [5.41, 5.74) is 0. The van der Waals surface area contributed by atoms with Gasteiger partial charge in [-0.15, -0.1) is 0 Å². The minimum absolute atomic E-state index is 0.133. The molecule has 1 aliphatic heterocycles. The summed E-state index contributed by atoms with van der Waals surface area (Å²) < 4.78 is 5.83. The van der Waals surface area contributed by atoms with Crippen LogP contribution in [0.25, 0.3) is 0 Å². The van der Waals surface area contributed by atoms with Gasteiger partial charge in [0.25, 0.3) is 0 Å². The summed E-state index contributed by atoms with van der Waals surface area (Å²) >= 11 is 0. The van der Waals surface area contributed by atoms with Crippen molar-refractivity contribution < 1.29 is 14.6 Å². The normalized spacial score (nSPS) is 31.8. The van der Waals surface area contributed by atoms with Crippen LogP contribution in [0.5, 0.6) is 0 Å². The molecule has 2 fully saturated rings. The largest absolute Gasteiger partial charge is 0.481 e. The molecule has 1 aliphatic carbocycles. The van der Waals surface area contributed by atoms with Gasteiger partial charge in [0.15, 0.2) is 0 Å². The summed E-state index contributed by atoms with van der Waals surface area (Å²) in [7, 11) is 0. The number of likely N-dealkylation sites (tertiary alicyclic amines) is 1. The third-order valence-electron chi connectivity index (χ3n) is 3.71. The number of nitrogens with zero attached hydrogens (tertiary/aromatic N) is 1. The van der Waals surface area contributed by atoms with E-state index in [9.17, 15) is 4.79 Å². The summed E-state index contributed by atoms with van der Waals surface area (Å²) in [5, 5.41) is 8.88. The van der Waals surface area contributed by atoms with E-state index in [1.165, 1.54) is 12.8 Å². The van der Waals surface area contributed by atoms with Gasteiger partial charge >= 0.3 is 5.97 Å². The Bertz CT molecular complexity index is 230. The SMILES string of the molecule is O=C(O)C1CCC(OCN2CCCC2)CC1.